The summed E-state index contributed by atoms with van der Waals surface area (Å²) >= 11 is 3.36. The number of nitrogens with one attached hydrogen (secondary N) is 1. The zero-order chi connectivity index (χ0) is 12.1. The molecule has 1 atom stereocenters. The van der Waals surface area contributed by atoms with Gasteiger partial charge in [-0.05, 0) is 39.5 Å². The minimum atomic E-state index is 0.469. The van der Waals surface area contributed by atoms with Gasteiger partial charge in [0.15, 0.2) is 0 Å². The molecule has 2 rings (SSSR count). The van der Waals surface area contributed by atoms with Crippen LogP contribution in [0.5, 0.6) is 0 Å². The Kier molecular flexibility index (Phi) is 4.15. The summed E-state index contributed by atoms with van der Waals surface area (Å²) in [6.07, 6.45) is 0. The molecule has 2 nitrogen and oxygen atoms in total. The van der Waals surface area contributed by atoms with Crippen LogP contribution >= 0.6 is 15.9 Å². The Labute approximate surface area is 110 Å². The predicted molar refractivity (Wildman–Crippen MR) is 75.3 cm³/mol. The number of aromatic nitrogens is 1. The maximum Gasteiger partial charge on any atom is 0.127 e. The smallest absolute Gasteiger partial charge is 0.127 e. The Morgan fingerprint density at radius 1 is 1.12 bits per heavy atom. The molecule has 0 bridgehead atoms. The van der Waals surface area contributed by atoms with Crippen LogP contribution in [0.3, 0.4) is 0 Å². The van der Waals surface area contributed by atoms with E-state index >= 15 is 0 Å². The molecule has 1 heterocycles. The minimum absolute atomic E-state index is 0.469. The highest BCUT2D eigenvalue weighted by Crippen LogP contribution is 2.16. The average Bonchev–Trinajstić information content (AvgIpc) is 2.37. The summed E-state index contributed by atoms with van der Waals surface area (Å²) in [4.78, 5) is 4.34. The van der Waals surface area contributed by atoms with Crippen molar-refractivity contribution < 1.29 is 0 Å². The zero-order valence-corrected chi connectivity index (χ0v) is 11.3. The number of halogens is 1. The average molecular weight is 291 g/mol. The molecule has 1 aromatic carbocycles. The van der Waals surface area contributed by atoms with Crippen LogP contribution in [0.2, 0.25) is 0 Å². The fraction of sp³-hybridized carbons (Fsp3) is 0.214. The maximum absolute atomic E-state index is 4.34. The molecule has 1 unspecified atom stereocenters. The Bertz CT molecular complexity index is 471. The number of anilines is 1. The van der Waals surface area contributed by atoms with E-state index in [1.54, 1.807) is 0 Å². The molecule has 1 aromatic heterocycles. The van der Waals surface area contributed by atoms with Gasteiger partial charge in [0.05, 0.1) is 0 Å². The second-order valence-corrected chi connectivity index (χ2v) is 4.85. The van der Waals surface area contributed by atoms with E-state index in [1.807, 2.05) is 24.3 Å². The van der Waals surface area contributed by atoms with E-state index in [2.05, 4.69) is 57.4 Å². The summed E-state index contributed by atoms with van der Waals surface area (Å²) in [5, 5.41) is 3.34. The number of pyridine rings is 1. The molecule has 0 aliphatic rings. The Morgan fingerprint density at radius 3 is 2.59 bits per heavy atom. The molecular weight excluding hydrogens is 276 g/mol. The second kappa shape index (κ2) is 5.82. The molecule has 3 heteroatoms. The van der Waals surface area contributed by atoms with Crippen LogP contribution in [0.1, 0.15) is 18.4 Å². The summed E-state index contributed by atoms with van der Waals surface area (Å²) < 4.78 is 0.856. The van der Waals surface area contributed by atoms with Crippen molar-refractivity contribution in [3.05, 3.63) is 58.7 Å². The lowest BCUT2D eigenvalue weighted by Crippen LogP contribution is -2.10. The van der Waals surface area contributed by atoms with Crippen LogP contribution in [0.4, 0.5) is 5.82 Å². The quantitative estimate of drug-likeness (QED) is 0.859. The number of benzene rings is 1. The van der Waals surface area contributed by atoms with Crippen molar-refractivity contribution in [1.29, 1.82) is 0 Å². The SMILES string of the molecule is CC(CNc1cccc(Br)n1)c1ccccc1. The Hall–Kier alpha value is -1.35. The number of hydrogen-bond acceptors (Lipinski definition) is 2. The van der Waals surface area contributed by atoms with Crippen LogP contribution in [0.25, 0.3) is 0 Å². The van der Waals surface area contributed by atoms with Gasteiger partial charge in [0, 0.05) is 6.54 Å². The van der Waals surface area contributed by atoms with E-state index in [4.69, 9.17) is 0 Å². The molecule has 0 aliphatic carbocycles. The molecular formula is C14H15BrN2. The maximum atomic E-state index is 4.34. The van der Waals surface area contributed by atoms with Crippen molar-refractivity contribution in [2.75, 3.05) is 11.9 Å². The highest BCUT2D eigenvalue weighted by Gasteiger charge is 2.04. The zero-order valence-electron chi connectivity index (χ0n) is 9.73. The summed E-state index contributed by atoms with van der Waals surface area (Å²) in [7, 11) is 0. The molecule has 2 aromatic rings. The van der Waals surface area contributed by atoms with Gasteiger partial charge in [-0.2, -0.15) is 0 Å². The van der Waals surface area contributed by atoms with Gasteiger partial charge >= 0.3 is 0 Å². The molecule has 0 radical (unpaired) electrons. The lowest BCUT2D eigenvalue weighted by molar-refractivity contribution is 0.801. The summed E-state index contributed by atoms with van der Waals surface area (Å²) in [5.41, 5.74) is 1.34. The number of rotatable bonds is 4. The third-order valence-electron chi connectivity index (χ3n) is 2.67. The van der Waals surface area contributed by atoms with Gasteiger partial charge in [0.25, 0.3) is 0 Å². The van der Waals surface area contributed by atoms with Crippen molar-refractivity contribution in [2.45, 2.75) is 12.8 Å². The third kappa shape index (κ3) is 3.56. The number of nitrogens with zero attached hydrogens (tertiary/aromatic N) is 1. The lowest BCUT2D eigenvalue weighted by atomic mass is 10.0. The first kappa shape index (κ1) is 12.1. The van der Waals surface area contributed by atoms with Gasteiger partial charge in [0.1, 0.15) is 10.4 Å². The van der Waals surface area contributed by atoms with E-state index in [1.165, 1.54) is 5.56 Å². The number of hydrogen-bond donors (Lipinski definition) is 1. The van der Waals surface area contributed by atoms with Gasteiger partial charge in [-0.15, -0.1) is 0 Å². The molecule has 17 heavy (non-hydrogen) atoms. The van der Waals surface area contributed by atoms with Crippen molar-refractivity contribution in [3.63, 3.8) is 0 Å². The van der Waals surface area contributed by atoms with E-state index < -0.39 is 0 Å². The molecule has 0 saturated carbocycles. The predicted octanol–water partition coefficient (Wildman–Crippen LogP) is 4.06. The van der Waals surface area contributed by atoms with Crippen molar-refractivity contribution in [1.82, 2.24) is 4.98 Å². The van der Waals surface area contributed by atoms with Crippen molar-refractivity contribution >= 4 is 21.7 Å². The van der Waals surface area contributed by atoms with E-state index in [-0.39, 0.29) is 0 Å². The van der Waals surface area contributed by atoms with E-state index in [0.29, 0.717) is 5.92 Å². The van der Waals surface area contributed by atoms with E-state index in [0.717, 1.165) is 17.0 Å². The van der Waals surface area contributed by atoms with Crippen molar-refractivity contribution in [3.8, 4) is 0 Å². The fourth-order valence-electron chi connectivity index (χ4n) is 1.66. The molecule has 1 N–H and O–H groups in total. The van der Waals surface area contributed by atoms with Crippen LogP contribution in [-0.4, -0.2) is 11.5 Å². The standard InChI is InChI=1S/C14H15BrN2/c1-11(12-6-3-2-4-7-12)10-16-14-9-5-8-13(15)17-14/h2-9,11H,10H2,1H3,(H,16,17). The normalized spacial score (nSPS) is 12.1. The summed E-state index contributed by atoms with van der Waals surface area (Å²) in [6.45, 7) is 3.09. The first-order valence-corrected chi connectivity index (χ1v) is 6.46. The van der Waals surface area contributed by atoms with Crippen molar-refractivity contribution in [2.24, 2.45) is 0 Å². The summed E-state index contributed by atoms with van der Waals surface area (Å²) in [5.74, 6) is 1.37. The highest BCUT2D eigenvalue weighted by molar-refractivity contribution is 9.10. The fourth-order valence-corrected chi connectivity index (χ4v) is 2.01. The Morgan fingerprint density at radius 2 is 1.88 bits per heavy atom. The third-order valence-corrected chi connectivity index (χ3v) is 3.11. The largest absolute Gasteiger partial charge is 0.369 e. The van der Waals surface area contributed by atoms with Crippen LogP contribution < -0.4 is 5.32 Å². The molecule has 0 aliphatic heterocycles. The van der Waals surface area contributed by atoms with Gasteiger partial charge in [-0.3, -0.25) is 0 Å². The molecule has 0 amide bonds. The molecule has 0 fully saturated rings. The second-order valence-electron chi connectivity index (χ2n) is 4.04. The van der Waals surface area contributed by atoms with Gasteiger partial charge in [0.2, 0.25) is 0 Å². The lowest BCUT2D eigenvalue weighted by Gasteiger charge is -2.13. The molecule has 88 valence electrons. The first-order valence-electron chi connectivity index (χ1n) is 5.67. The van der Waals surface area contributed by atoms with Gasteiger partial charge < -0.3 is 5.32 Å². The first-order chi connectivity index (χ1) is 8.25. The monoisotopic (exact) mass is 290 g/mol. The van der Waals surface area contributed by atoms with Gasteiger partial charge in [-0.1, -0.05) is 43.3 Å². The van der Waals surface area contributed by atoms with E-state index in [9.17, 15) is 0 Å². The minimum Gasteiger partial charge on any atom is -0.369 e. The molecule has 0 saturated heterocycles. The topological polar surface area (TPSA) is 24.9 Å². The van der Waals surface area contributed by atoms with Crippen LogP contribution in [0.15, 0.2) is 53.1 Å². The highest BCUT2D eigenvalue weighted by atomic mass is 79.9. The molecule has 0 spiro atoms. The van der Waals surface area contributed by atoms with Crippen LogP contribution in [-0.2, 0) is 0 Å². The summed E-state index contributed by atoms with van der Waals surface area (Å²) in [6, 6.07) is 16.4. The Balaban J connectivity index is 1.95. The van der Waals surface area contributed by atoms with Crippen LogP contribution in [0, 0.1) is 0 Å². The van der Waals surface area contributed by atoms with Gasteiger partial charge in [-0.25, -0.2) is 4.98 Å².